The summed E-state index contributed by atoms with van der Waals surface area (Å²) in [4.78, 5) is 4.17. The monoisotopic (exact) mass is 229 g/mol. The van der Waals surface area contributed by atoms with Crippen LogP contribution in [-0.2, 0) is 0 Å². The molecule has 2 N–H and O–H groups in total. The first kappa shape index (κ1) is 11.4. The van der Waals surface area contributed by atoms with Gasteiger partial charge >= 0.3 is 0 Å². The Morgan fingerprint density at radius 1 is 1.65 bits per heavy atom. The van der Waals surface area contributed by atoms with Gasteiger partial charge in [0.25, 0.3) is 0 Å². The fourth-order valence-corrected chi connectivity index (χ4v) is 1.67. The third kappa shape index (κ3) is 3.20. The van der Waals surface area contributed by atoms with E-state index in [0.29, 0.717) is 5.56 Å². The third-order valence-corrected chi connectivity index (χ3v) is 2.46. The van der Waals surface area contributed by atoms with Crippen molar-refractivity contribution in [3.05, 3.63) is 36.2 Å². The Morgan fingerprint density at radius 2 is 2.53 bits per heavy atom. The molecule has 0 amide bonds. The first-order valence-electron chi connectivity index (χ1n) is 5.57. The Labute approximate surface area is 101 Å². The highest BCUT2D eigenvalue weighted by Crippen LogP contribution is 2.06. The average Bonchev–Trinajstić information content (AvgIpc) is 2.82. The number of rotatable bonds is 4. The van der Waals surface area contributed by atoms with E-state index in [-0.39, 0.29) is 6.04 Å². The van der Waals surface area contributed by atoms with Crippen LogP contribution in [0.25, 0.3) is 0 Å². The SMILES string of the molecule is CC(CN1C=CCN1)Nc1ccc(C#N)cn1. The standard InChI is InChI=1S/C12H15N5/c1-10(9-17-6-2-5-15-17)16-12-4-3-11(7-13)8-14-12/h2-4,6,8,10,15H,5,9H2,1H3,(H,14,16). The molecule has 1 aliphatic heterocycles. The van der Waals surface area contributed by atoms with Crippen molar-refractivity contribution < 1.29 is 0 Å². The minimum atomic E-state index is 0.269. The quantitative estimate of drug-likeness (QED) is 0.809. The van der Waals surface area contributed by atoms with Crippen molar-refractivity contribution in [2.45, 2.75) is 13.0 Å². The van der Waals surface area contributed by atoms with E-state index >= 15 is 0 Å². The average molecular weight is 229 g/mol. The summed E-state index contributed by atoms with van der Waals surface area (Å²) in [5, 5.41) is 14.0. The van der Waals surface area contributed by atoms with Gasteiger partial charge in [-0.15, -0.1) is 0 Å². The van der Waals surface area contributed by atoms with Crippen molar-refractivity contribution in [1.82, 2.24) is 15.4 Å². The molecule has 1 aliphatic rings. The number of hydrogen-bond acceptors (Lipinski definition) is 5. The molecule has 5 nitrogen and oxygen atoms in total. The summed E-state index contributed by atoms with van der Waals surface area (Å²) in [6.45, 7) is 3.84. The lowest BCUT2D eigenvalue weighted by Gasteiger charge is -2.22. The van der Waals surface area contributed by atoms with Crippen LogP contribution in [-0.4, -0.2) is 29.1 Å². The molecule has 0 fully saturated rings. The van der Waals surface area contributed by atoms with E-state index < -0.39 is 0 Å². The highest BCUT2D eigenvalue weighted by Gasteiger charge is 2.09. The highest BCUT2D eigenvalue weighted by molar-refractivity contribution is 5.39. The lowest BCUT2D eigenvalue weighted by atomic mass is 10.3. The van der Waals surface area contributed by atoms with Gasteiger partial charge in [-0.05, 0) is 19.1 Å². The smallest absolute Gasteiger partial charge is 0.126 e. The summed E-state index contributed by atoms with van der Waals surface area (Å²) < 4.78 is 0. The summed E-state index contributed by atoms with van der Waals surface area (Å²) >= 11 is 0. The Balaban J connectivity index is 1.86. The summed E-state index contributed by atoms with van der Waals surface area (Å²) in [7, 11) is 0. The van der Waals surface area contributed by atoms with E-state index in [2.05, 4.69) is 28.7 Å². The topological polar surface area (TPSA) is 64.0 Å². The maximum absolute atomic E-state index is 8.67. The minimum absolute atomic E-state index is 0.269. The maximum atomic E-state index is 8.67. The molecule has 0 radical (unpaired) electrons. The van der Waals surface area contributed by atoms with Gasteiger partial charge in [0.2, 0.25) is 0 Å². The van der Waals surface area contributed by atoms with Gasteiger partial charge in [-0.2, -0.15) is 5.26 Å². The zero-order valence-electron chi connectivity index (χ0n) is 9.72. The Bertz CT molecular complexity index is 431. The Hall–Kier alpha value is -2.06. The van der Waals surface area contributed by atoms with Crippen LogP contribution in [0.15, 0.2) is 30.6 Å². The lowest BCUT2D eigenvalue weighted by Crippen LogP contribution is -2.37. The van der Waals surface area contributed by atoms with Crippen molar-refractivity contribution in [2.75, 3.05) is 18.4 Å². The van der Waals surface area contributed by atoms with Crippen molar-refractivity contribution in [2.24, 2.45) is 0 Å². The molecule has 0 bridgehead atoms. The first-order valence-corrected chi connectivity index (χ1v) is 5.57. The molecular formula is C12H15N5. The van der Waals surface area contributed by atoms with Gasteiger partial charge < -0.3 is 10.3 Å². The third-order valence-electron chi connectivity index (χ3n) is 2.46. The molecule has 2 rings (SSSR count). The number of pyridine rings is 1. The molecule has 0 saturated carbocycles. The fourth-order valence-electron chi connectivity index (χ4n) is 1.67. The number of anilines is 1. The van der Waals surface area contributed by atoms with Crippen LogP contribution < -0.4 is 10.7 Å². The molecule has 88 valence electrons. The van der Waals surface area contributed by atoms with Crippen LogP contribution >= 0.6 is 0 Å². The molecule has 0 aromatic carbocycles. The van der Waals surface area contributed by atoms with Crippen molar-refractivity contribution in [1.29, 1.82) is 5.26 Å². The first-order chi connectivity index (χ1) is 8.28. The molecule has 0 spiro atoms. The molecule has 2 heterocycles. The van der Waals surface area contributed by atoms with Crippen LogP contribution in [0.2, 0.25) is 0 Å². The van der Waals surface area contributed by atoms with E-state index in [9.17, 15) is 0 Å². The van der Waals surface area contributed by atoms with Gasteiger partial charge in [0.15, 0.2) is 0 Å². The van der Waals surface area contributed by atoms with Crippen molar-refractivity contribution in [3.8, 4) is 6.07 Å². The number of nitriles is 1. The molecule has 1 atom stereocenters. The van der Waals surface area contributed by atoms with E-state index in [0.717, 1.165) is 18.9 Å². The second-order valence-electron chi connectivity index (χ2n) is 3.99. The van der Waals surface area contributed by atoms with Crippen LogP contribution in [0.3, 0.4) is 0 Å². The normalized spacial score (nSPS) is 15.6. The Morgan fingerprint density at radius 3 is 3.12 bits per heavy atom. The van der Waals surface area contributed by atoms with Gasteiger partial charge in [-0.3, -0.25) is 0 Å². The van der Waals surface area contributed by atoms with Crippen LogP contribution in [0, 0.1) is 11.3 Å². The molecule has 1 unspecified atom stereocenters. The lowest BCUT2D eigenvalue weighted by molar-refractivity contribution is 0.297. The van der Waals surface area contributed by atoms with Gasteiger partial charge in [-0.1, -0.05) is 6.08 Å². The molecule has 0 aliphatic carbocycles. The zero-order chi connectivity index (χ0) is 12.1. The molecular weight excluding hydrogens is 214 g/mol. The molecule has 5 heteroatoms. The number of aromatic nitrogens is 1. The summed E-state index contributed by atoms with van der Waals surface area (Å²) in [5.41, 5.74) is 3.79. The van der Waals surface area contributed by atoms with Gasteiger partial charge in [0.05, 0.1) is 12.1 Å². The van der Waals surface area contributed by atoms with Crippen LogP contribution in [0.1, 0.15) is 12.5 Å². The van der Waals surface area contributed by atoms with E-state index in [1.54, 1.807) is 12.3 Å². The van der Waals surface area contributed by atoms with Gasteiger partial charge in [-0.25, -0.2) is 10.4 Å². The minimum Gasteiger partial charge on any atom is -0.366 e. The van der Waals surface area contributed by atoms with E-state index in [1.165, 1.54) is 0 Å². The van der Waals surface area contributed by atoms with E-state index in [1.807, 2.05) is 23.3 Å². The number of hydrogen-bond donors (Lipinski definition) is 2. The molecule has 1 aromatic rings. The van der Waals surface area contributed by atoms with Crippen LogP contribution in [0.5, 0.6) is 0 Å². The largest absolute Gasteiger partial charge is 0.366 e. The summed E-state index contributed by atoms with van der Waals surface area (Å²) in [6.07, 6.45) is 5.68. The predicted molar refractivity (Wildman–Crippen MR) is 65.9 cm³/mol. The summed E-state index contributed by atoms with van der Waals surface area (Å²) in [6, 6.07) is 5.90. The van der Waals surface area contributed by atoms with Gasteiger partial charge in [0, 0.05) is 25.0 Å². The second-order valence-corrected chi connectivity index (χ2v) is 3.99. The fraction of sp³-hybridized carbons (Fsp3) is 0.333. The number of nitrogens with one attached hydrogen (secondary N) is 2. The molecule has 0 saturated heterocycles. The van der Waals surface area contributed by atoms with Crippen molar-refractivity contribution in [3.63, 3.8) is 0 Å². The molecule has 1 aromatic heterocycles. The van der Waals surface area contributed by atoms with Gasteiger partial charge in [0.1, 0.15) is 11.9 Å². The van der Waals surface area contributed by atoms with Crippen LogP contribution in [0.4, 0.5) is 5.82 Å². The summed E-state index contributed by atoms with van der Waals surface area (Å²) in [5.74, 6) is 0.791. The Kier molecular flexibility index (Phi) is 3.58. The number of nitrogens with zero attached hydrogens (tertiary/aromatic N) is 3. The number of hydrazine groups is 1. The van der Waals surface area contributed by atoms with Crippen molar-refractivity contribution >= 4 is 5.82 Å². The molecule has 17 heavy (non-hydrogen) atoms. The van der Waals surface area contributed by atoms with E-state index in [4.69, 9.17) is 5.26 Å². The second kappa shape index (κ2) is 5.32. The predicted octanol–water partition coefficient (Wildman–Crippen LogP) is 1.09. The highest BCUT2D eigenvalue weighted by atomic mass is 15.5. The zero-order valence-corrected chi connectivity index (χ0v) is 9.72. The maximum Gasteiger partial charge on any atom is 0.126 e.